The van der Waals surface area contributed by atoms with Crippen LogP contribution in [0.4, 0.5) is 4.39 Å². The lowest BCUT2D eigenvalue weighted by Gasteiger charge is -2.13. The molecule has 2 N–H and O–H groups in total. The Labute approximate surface area is 108 Å². The van der Waals surface area contributed by atoms with Gasteiger partial charge in [0, 0.05) is 6.54 Å². The average molecular weight is 255 g/mol. The van der Waals surface area contributed by atoms with Gasteiger partial charge in [-0.15, -0.1) is 0 Å². The maximum atomic E-state index is 11.8. The minimum absolute atomic E-state index is 0.242. The highest BCUT2D eigenvalue weighted by Crippen LogP contribution is 2.16. The minimum atomic E-state index is -0.578. The zero-order chi connectivity index (χ0) is 13.4. The van der Waals surface area contributed by atoms with E-state index in [-0.39, 0.29) is 13.3 Å². The highest BCUT2D eigenvalue weighted by Gasteiger charge is 2.05. The van der Waals surface area contributed by atoms with E-state index in [4.69, 9.17) is 4.74 Å². The molecule has 0 aliphatic carbocycles. The zero-order valence-corrected chi connectivity index (χ0v) is 11.1. The number of aryl methyl sites for hydroxylation is 2. The average Bonchev–Trinajstić information content (AvgIpc) is 2.31. The summed E-state index contributed by atoms with van der Waals surface area (Å²) in [4.78, 5) is 0. The van der Waals surface area contributed by atoms with Gasteiger partial charge in [-0.25, -0.2) is 0 Å². The molecule has 0 amide bonds. The molecule has 0 bridgehead atoms. The lowest BCUT2D eigenvalue weighted by molar-refractivity contribution is 0.106. The third-order valence-electron chi connectivity index (χ3n) is 2.50. The van der Waals surface area contributed by atoms with Crippen LogP contribution in [0.2, 0.25) is 0 Å². The van der Waals surface area contributed by atoms with Gasteiger partial charge in [0.25, 0.3) is 0 Å². The van der Waals surface area contributed by atoms with Crippen LogP contribution in [0.15, 0.2) is 18.2 Å². The van der Waals surface area contributed by atoms with Gasteiger partial charge < -0.3 is 15.2 Å². The molecule has 0 saturated carbocycles. The number of halogens is 1. The summed E-state index contributed by atoms with van der Waals surface area (Å²) in [6.45, 7) is 4.93. The van der Waals surface area contributed by atoms with Gasteiger partial charge in [-0.1, -0.05) is 6.07 Å². The van der Waals surface area contributed by atoms with Crippen LogP contribution < -0.4 is 10.1 Å². The zero-order valence-electron chi connectivity index (χ0n) is 11.1. The van der Waals surface area contributed by atoms with Crippen molar-refractivity contribution in [1.82, 2.24) is 5.32 Å². The van der Waals surface area contributed by atoms with Gasteiger partial charge >= 0.3 is 0 Å². The molecule has 0 heterocycles. The van der Waals surface area contributed by atoms with Gasteiger partial charge in [0.15, 0.2) is 0 Å². The van der Waals surface area contributed by atoms with Crippen LogP contribution in [0.3, 0.4) is 0 Å². The Kier molecular flexibility index (Phi) is 6.68. The molecule has 0 fully saturated rings. The predicted octanol–water partition coefficient (Wildman–Crippen LogP) is 1.99. The predicted molar refractivity (Wildman–Crippen MR) is 70.9 cm³/mol. The number of hydrogen-bond acceptors (Lipinski definition) is 3. The number of nitrogens with one attached hydrogen (secondary N) is 1. The molecule has 0 spiro atoms. The highest BCUT2D eigenvalue weighted by atomic mass is 19.1. The summed E-state index contributed by atoms with van der Waals surface area (Å²) in [5.41, 5.74) is 2.28. The van der Waals surface area contributed by atoms with Crippen LogP contribution in [-0.2, 0) is 0 Å². The first-order chi connectivity index (χ1) is 8.61. The summed E-state index contributed by atoms with van der Waals surface area (Å²) in [5.74, 6) is 0.773. The number of aliphatic hydroxyl groups excluding tert-OH is 1. The van der Waals surface area contributed by atoms with Crippen molar-refractivity contribution in [2.75, 3.05) is 26.4 Å². The van der Waals surface area contributed by atoms with Crippen molar-refractivity contribution in [1.29, 1.82) is 0 Å². The van der Waals surface area contributed by atoms with Gasteiger partial charge in [0.1, 0.15) is 18.5 Å². The standard InChI is InChI=1S/C14H22FNO2/c1-11-6-12(2)8-14(7-11)18-10-13(17)9-16-5-3-4-15/h6-8,13,16-17H,3-5,9-10H2,1-2H3. The molecule has 4 heteroatoms. The number of ether oxygens (including phenoxy) is 1. The maximum absolute atomic E-state index is 11.8. The topological polar surface area (TPSA) is 41.5 Å². The lowest BCUT2D eigenvalue weighted by atomic mass is 10.1. The first-order valence-electron chi connectivity index (χ1n) is 6.27. The SMILES string of the molecule is Cc1cc(C)cc(OCC(O)CNCCCF)c1. The van der Waals surface area contributed by atoms with Gasteiger partial charge in [-0.05, 0) is 50.1 Å². The van der Waals surface area contributed by atoms with E-state index in [9.17, 15) is 9.50 Å². The second-order valence-corrected chi connectivity index (χ2v) is 4.53. The molecule has 1 atom stereocenters. The summed E-state index contributed by atoms with van der Waals surface area (Å²) >= 11 is 0. The molecule has 1 rings (SSSR count). The molecule has 1 unspecified atom stereocenters. The van der Waals surface area contributed by atoms with Crippen LogP contribution in [0.25, 0.3) is 0 Å². The molecule has 1 aromatic carbocycles. The van der Waals surface area contributed by atoms with E-state index in [0.717, 1.165) is 16.9 Å². The van der Waals surface area contributed by atoms with Crippen LogP contribution in [-0.4, -0.2) is 37.6 Å². The van der Waals surface area contributed by atoms with Crippen molar-refractivity contribution in [3.05, 3.63) is 29.3 Å². The normalized spacial score (nSPS) is 12.4. The molecule has 0 aliphatic rings. The molecule has 1 aromatic rings. The van der Waals surface area contributed by atoms with E-state index in [0.29, 0.717) is 19.5 Å². The van der Waals surface area contributed by atoms with Gasteiger partial charge in [-0.2, -0.15) is 0 Å². The maximum Gasteiger partial charge on any atom is 0.119 e. The Morgan fingerprint density at radius 3 is 2.56 bits per heavy atom. The Bertz CT molecular complexity index is 337. The molecular formula is C14H22FNO2. The van der Waals surface area contributed by atoms with Crippen LogP contribution in [0, 0.1) is 13.8 Å². The summed E-state index contributed by atoms with van der Waals surface area (Å²) in [6, 6.07) is 5.95. The van der Waals surface area contributed by atoms with Crippen LogP contribution in [0.1, 0.15) is 17.5 Å². The Balaban J connectivity index is 2.26. The fraction of sp³-hybridized carbons (Fsp3) is 0.571. The van der Waals surface area contributed by atoms with Crippen molar-refractivity contribution < 1.29 is 14.2 Å². The quantitative estimate of drug-likeness (QED) is 0.698. The van der Waals surface area contributed by atoms with Gasteiger partial charge in [-0.3, -0.25) is 4.39 Å². The first-order valence-corrected chi connectivity index (χ1v) is 6.27. The lowest BCUT2D eigenvalue weighted by Crippen LogP contribution is -2.32. The van der Waals surface area contributed by atoms with E-state index < -0.39 is 6.10 Å². The second-order valence-electron chi connectivity index (χ2n) is 4.53. The summed E-state index contributed by atoms with van der Waals surface area (Å²) in [7, 11) is 0. The van der Waals surface area contributed by atoms with Crippen LogP contribution in [0.5, 0.6) is 5.75 Å². The minimum Gasteiger partial charge on any atom is -0.491 e. The number of aliphatic hydroxyl groups is 1. The molecule has 102 valence electrons. The number of rotatable bonds is 8. The van der Waals surface area contributed by atoms with E-state index in [1.54, 1.807) is 0 Å². The Hall–Kier alpha value is -1.13. The first kappa shape index (κ1) is 14.9. The molecule has 0 saturated heterocycles. The molecule has 18 heavy (non-hydrogen) atoms. The number of alkyl halides is 1. The molecule has 0 aliphatic heterocycles. The fourth-order valence-electron chi connectivity index (χ4n) is 1.73. The van der Waals surface area contributed by atoms with Crippen molar-refractivity contribution >= 4 is 0 Å². The Morgan fingerprint density at radius 2 is 1.94 bits per heavy atom. The second kappa shape index (κ2) is 8.06. The van der Waals surface area contributed by atoms with E-state index in [2.05, 4.69) is 11.4 Å². The monoisotopic (exact) mass is 255 g/mol. The third kappa shape index (κ3) is 5.98. The fourth-order valence-corrected chi connectivity index (χ4v) is 1.73. The number of benzene rings is 1. The smallest absolute Gasteiger partial charge is 0.119 e. The number of hydrogen-bond donors (Lipinski definition) is 2. The summed E-state index contributed by atoms with van der Waals surface area (Å²) in [5, 5.41) is 12.6. The summed E-state index contributed by atoms with van der Waals surface area (Å²) in [6.07, 6.45) is -0.101. The highest BCUT2D eigenvalue weighted by molar-refractivity contribution is 5.32. The van der Waals surface area contributed by atoms with Gasteiger partial charge in [0.2, 0.25) is 0 Å². The van der Waals surface area contributed by atoms with Crippen molar-refractivity contribution in [2.45, 2.75) is 26.4 Å². The molecule has 0 aromatic heterocycles. The Morgan fingerprint density at radius 1 is 1.28 bits per heavy atom. The van der Waals surface area contributed by atoms with Gasteiger partial charge in [0.05, 0.1) is 6.67 Å². The largest absolute Gasteiger partial charge is 0.491 e. The third-order valence-corrected chi connectivity index (χ3v) is 2.50. The van der Waals surface area contributed by atoms with E-state index in [1.807, 2.05) is 26.0 Å². The molecule has 3 nitrogen and oxygen atoms in total. The van der Waals surface area contributed by atoms with Crippen molar-refractivity contribution in [3.63, 3.8) is 0 Å². The van der Waals surface area contributed by atoms with Crippen molar-refractivity contribution in [3.8, 4) is 5.75 Å². The summed E-state index contributed by atoms with van der Waals surface area (Å²) < 4.78 is 17.4. The molecular weight excluding hydrogens is 233 g/mol. The van der Waals surface area contributed by atoms with E-state index in [1.165, 1.54) is 0 Å². The van der Waals surface area contributed by atoms with Crippen LogP contribution >= 0.6 is 0 Å². The van der Waals surface area contributed by atoms with E-state index >= 15 is 0 Å². The molecule has 0 radical (unpaired) electrons. The van der Waals surface area contributed by atoms with Crippen molar-refractivity contribution in [2.24, 2.45) is 0 Å².